The maximum absolute atomic E-state index is 13.0. The number of hydrogen-bond acceptors (Lipinski definition) is 3. The molecule has 1 fully saturated rings. The van der Waals surface area contributed by atoms with Gasteiger partial charge >= 0.3 is 0 Å². The van der Waals surface area contributed by atoms with E-state index in [2.05, 4.69) is 5.32 Å². The van der Waals surface area contributed by atoms with Crippen LogP contribution in [0.1, 0.15) is 22.5 Å². The van der Waals surface area contributed by atoms with Crippen LogP contribution in [0.4, 0.5) is 15.8 Å². The predicted octanol–water partition coefficient (Wildman–Crippen LogP) is 4.93. The van der Waals surface area contributed by atoms with Gasteiger partial charge in [-0.15, -0.1) is 11.3 Å². The van der Waals surface area contributed by atoms with Crippen LogP contribution in [0.2, 0.25) is 0 Å². The predicted molar refractivity (Wildman–Crippen MR) is 106 cm³/mol. The van der Waals surface area contributed by atoms with E-state index in [-0.39, 0.29) is 17.6 Å². The Hall–Kier alpha value is -2.99. The molecule has 0 bridgehead atoms. The average Bonchev–Trinajstić information content (AvgIpc) is 3.32. The summed E-state index contributed by atoms with van der Waals surface area (Å²) in [7, 11) is 0. The van der Waals surface area contributed by atoms with E-state index in [1.165, 1.54) is 23.5 Å². The van der Waals surface area contributed by atoms with E-state index in [1.54, 1.807) is 35.2 Å². The van der Waals surface area contributed by atoms with Gasteiger partial charge in [-0.05, 0) is 60.5 Å². The van der Waals surface area contributed by atoms with E-state index < -0.39 is 0 Å². The zero-order chi connectivity index (χ0) is 18.8. The van der Waals surface area contributed by atoms with Crippen LogP contribution >= 0.6 is 11.3 Å². The molecule has 2 heterocycles. The highest BCUT2D eigenvalue weighted by atomic mass is 32.1. The van der Waals surface area contributed by atoms with Gasteiger partial charge in [0.1, 0.15) is 5.82 Å². The topological polar surface area (TPSA) is 49.4 Å². The monoisotopic (exact) mass is 380 g/mol. The van der Waals surface area contributed by atoms with Crippen molar-refractivity contribution in [3.05, 3.63) is 71.4 Å². The van der Waals surface area contributed by atoms with Crippen LogP contribution in [-0.4, -0.2) is 18.4 Å². The number of benzene rings is 2. The molecule has 2 amide bonds. The second-order valence-corrected chi connectivity index (χ2v) is 7.40. The van der Waals surface area contributed by atoms with Crippen molar-refractivity contribution in [1.29, 1.82) is 0 Å². The summed E-state index contributed by atoms with van der Waals surface area (Å²) in [4.78, 5) is 27.5. The second kappa shape index (κ2) is 7.32. The van der Waals surface area contributed by atoms with Gasteiger partial charge in [0.25, 0.3) is 5.91 Å². The molecule has 0 radical (unpaired) electrons. The van der Waals surface area contributed by atoms with E-state index in [0.29, 0.717) is 17.0 Å². The molecule has 27 heavy (non-hydrogen) atoms. The van der Waals surface area contributed by atoms with Crippen LogP contribution in [0.5, 0.6) is 0 Å². The summed E-state index contributed by atoms with van der Waals surface area (Å²) in [6.45, 7) is 0.742. The Labute approximate surface area is 160 Å². The number of rotatable bonds is 4. The standard InChI is InChI=1S/C21H17FN2O2S/c22-15-5-3-14(4-6-15)18-11-12-19(27-18)21(26)23-16-7-9-17(10-8-16)24-13-1-2-20(24)25/h3-12H,1-2,13H2,(H,23,26). The molecule has 6 heteroatoms. The molecule has 1 aromatic heterocycles. The molecule has 136 valence electrons. The second-order valence-electron chi connectivity index (χ2n) is 6.32. The first-order valence-corrected chi connectivity index (χ1v) is 9.49. The van der Waals surface area contributed by atoms with Gasteiger partial charge in [0.2, 0.25) is 5.91 Å². The number of carbonyl (C=O) groups is 2. The van der Waals surface area contributed by atoms with E-state index >= 15 is 0 Å². The maximum atomic E-state index is 13.0. The normalized spacial score (nSPS) is 13.8. The molecule has 3 aromatic rings. The van der Waals surface area contributed by atoms with Crippen molar-refractivity contribution in [2.75, 3.05) is 16.8 Å². The molecule has 4 nitrogen and oxygen atoms in total. The van der Waals surface area contributed by atoms with Gasteiger partial charge in [-0.3, -0.25) is 9.59 Å². The Balaban J connectivity index is 1.45. The number of nitrogens with one attached hydrogen (secondary N) is 1. The molecule has 0 unspecified atom stereocenters. The minimum atomic E-state index is -0.285. The van der Waals surface area contributed by atoms with Crippen molar-refractivity contribution >= 4 is 34.5 Å². The third-order valence-corrected chi connectivity index (χ3v) is 5.60. The van der Waals surface area contributed by atoms with Crippen molar-refractivity contribution in [2.45, 2.75) is 12.8 Å². The van der Waals surface area contributed by atoms with E-state index in [1.807, 2.05) is 18.2 Å². The van der Waals surface area contributed by atoms with Crippen LogP contribution in [0.25, 0.3) is 10.4 Å². The summed E-state index contributed by atoms with van der Waals surface area (Å²) in [6, 6.07) is 17.1. The van der Waals surface area contributed by atoms with Crippen LogP contribution in [0.15, 0.2) is 60.7 Å². The van der Waals surface area contributed by atoms with Gasteiger partial charge in [0, 0.05) is 29.2 Å². The molecule has 0 spiro atoms. The van der Waals surface area contributed by atoms with Gasteiger partial charge in [-0.25, -0.2) is 4.39 Å². The lowest BCUT2D eigenvalue weighted by atomic mass is 10.2. The highest BCUT2D eigenvalue weighted by molar-refractivity contribution is 7.17. The molecule has 0 atom stereocenters. The zero-order valence-electron chi connectivity index (χ0n) is 14.4. The van der Waals surface area contributed by atoms with E-state index in [0.717, 1.165) is 29.1 Å². The fourth-order valence-corrected chi connectivity index (χ4v) is 3.97. The van der Waals surface area contributed by atoms with Crippen molar-refractivity contribution in [3.63, 3.8) is 0 Å². The first kappa shape index (κ1) is 17.4. The Morgan fingerprint density at radius 3 is 2.41 bits per heavy atom. The number of thiophene rings is 1. The fraction of sp³-hybridized carbons (Fsp3) is 0.143. The minimum absolute atomic E-state index is 0.138. The maximum Gasteiger partial charge on any atom is 0.265 e. The summed E-state index contributed by atoms with van der Waals surface area (Å²) < 4.78 is 13.0. The molecule has 1 N–H and O–H groups in total. The third kappa shape index (κ3) is 3.75. The van der Waals surface area contributed by atoms with Crippen molar-refractivity contribution in [3.8, 4) is 10.4 Å². The molecule has 1 aliphatic rings. The van der Waals surface area contributed by atoms with Crippen LogP contribution < -0.4 is 10.2 Å². The Morgan fingerprint density at radius 1 is 1.00 bits per heavy atom. The van der Waals surface area contributed by atoms with Gasteiger partial charge in [0.15, 0.2) is 0 Å². The van der Waals surface area contributed by atoms with Gasteiger partial charge in [-0.2, -0.15) is 0 Å². The third-order valence-electron chi connectivity index (χ3n) is 4.47. The number of halogens is 1. The summed E-state index contributed by atoms with van der Waals surface area (Å²) in [6.07, 6.45) is 1.47. The SMILES string of the molecule is O=C(Nc1ccc(N2CCCC2=O)cc1)c1ccc(-c2ccc(F)cc2)s1. The fourth-order valence-electron chi connectivity index (χ4n) is 3.07. The summed E-state index contributed by atoms with van der Waals surface area (Å²) in [5.41, 5.74) is 2.40. The first-order valence-electron chi connectivity index (χ1n) is 8.68. The number of nitrogens with zero attached hydrogens (tertiary/aromatic N) is 1. The Kier molecular flexibility index (Phi) is 4.73. The molecule has 2 aromatic carbocycles. The summed E-state index contributed by atoms with van der Waals surface area (Å²) >= 11 is 1.36. The Morgan fingerprint density at radius 2 is 1.74 bits per heavy atom. The Bertz CT molecular complexity index is 980. The molecule has 4 rings (SSSR count). The smallest absolute Gasteiger partial charge is 0.265 e. The number of amides is 2. The van der Waals surface area contributed by atoms with Crippen LogP contribution in [-0.2, 0) is 4.79 Å². The largest absolute Gasteiger partial charge is 0.321 e. The molecule has 1 aliphatic heterocycles. The lowest BCUT2D eigenvalue weighted by Crippen LogP contribution is -2.23. The van der Waals surface area contributed by atoms with E-state index in [9.17, 15) is 14.0 Å². The van der Waals surface area contributed by atoms with Gasteiger partial charge in [-0.1, -0.05) is 12.1 Å². The summed E-state index contributed by atoms with van der Waals surface area (Å²) in [5, 5.41) is 2.87. The zero-order valence-corrected chi connectivity index (χ0v) is 15.3. The highest BCUT2D eigenvalue weighted by Crippen LogP contribution is 2.29. The minimum Gasteiger partial charge on any atom is -0.321 e. The van der Waals surface area contributed by atoms with Gasteiger partial charge < -0.3 is 10.2 Å². The van der Waals surface area contributed by atoms with Crippen LogP contribution in [0, 0.1) is 5.82 Å². The molecule has 0 saturated carbocycles. The van der Waals surface area contributed by atoms with Crippen molar-refractivity contribution < 1.29 is 14.0 Å². The lowest BCUT2D eigenvalue weighted by Gasteiger charge is -2.16. The summed E-state index contributed by atoms with van der Waals surface area (Å²) in [5.74, 6) is -0.343. The average molecular weight is 380 g/mol. The highest BCUT2D eigenvalue weighted by Gasteiger charge is 2.21. The van der Waals surface area contributed by atoms with Crippen LogP contribution in [0.3, 0.4) is 0 Å². The lowest BCUT2D eigenvalue weighted by molar-refractivity contribution is -0.117. The van der Waals surface area contributed by atoms with E-state index in [4.69, 9.17) is 0 Å². The molecular weight excluding hydrogens is 363 g/mol. The number of carbonyl (C=O) groups excluding carboxylic acids is 2. The van der Waals surface area contributed by atoms with Gasteiger partial charge in [0.05, 0.1) is 4.88 Å². The molecular formula is C21H17FN2O2S. The van der Waals surface area contributed by atoms with Crippen molar-refractivity contribution in [1.82, 2.24) is 0 Å². The quantitative estimate of drug-likeness (QED) is 0.697. The van der Waals surface area contributed by atoms with Crippen molar-refractivity contribution in [2.24, 2.45) is 0 Å². The molecule has 1 saturated heterocycles. The number of hydrogen-bond donors (Lipinski definition) is 1. The number of anilines is 2. The molecule has 0 aliphatic carbocycles. The first-order chi connectivity index (χ1) is 13.1.